The van der Waals surface area contributed by atoms with E-state index >= 15 is 0 Å². The molecule has 21 heavy (non-hydrogen) atoms. The second-order valence-electron chi connectivity index (χ2n) is 4.81. The number of carbonyl (C=O) groups is 1. The van der Waals surface area contributed by atoms with Crippen molar-refractivity contribution in [2.24, 2.45) is 0 Å². The average molecular weight is 433 g/mol. The van der Waals surface area contributed by atoms with Gasteiger partial charge < -0.3 is 4.90 Å². The SMILES string of the molecule is O=C(c1ccc(I)c(Cl)c1)N1CCN(CC(F)(F)F)CC1. The molecule has 3 nitrogen and oxygen atoms in total. The van der Waals surface area contributed by atoms with Gasteiger partial charge in [-0.3, -0.25) is 9.69 Å². The van der Waals surface area contributed by atoms with Crippen LogP contribution in [0.3, 0.4) is 0 Å². The summed E-state index contributed by atoms with van der Waals surface area (Å²) in [5, 5.41) is 0.497. The molecular formula is C13H13ClF3IN2O. The van der Waals surface area contributed by atoms with Crippen molar-refractivity contribution < 1.29 is 18.0 Å². The predicted molar refractivity (Wildman–Crippen MR) is 82.6 cm³/mol. The molecule has 1 aromatic rings. The highest BCUT2D eigenvalue weighted by molar-refractivity contribution is 14.1. The van der Waals surface area contributed by atoms with Gasteiger partial charge >= 0.3 is 6.18 Å². The average Bonchev–Trinajstić information content (AvgIpc) is 2.40. The number of alkyl halides is 3. The normalized spacial score (nSPS) is 17.1. The third kappa shape index (κ3) is 4.72. The number of rotatable bonds is 2. The number of nitrogens with zero attached hydrogens (tertiary/aromatic N) is 2. The molecule has 1 fully saturated rings. The van der Waals surface area contributed by atoms with E-state index in [2.05, 4.69) is 22.6 Å². The van der Waals surface area contributed by atoms with Crippen molar-refractivity contribution in [2.45, 2.75) is 6.18 Å². The van der Waals surface area contributed by atoms with E-state index in [1.807, 2.05) is 0 Å². The van der Waals surface area contributed by atoms with Gasteiger partial charge in [0.25, 0.3) is 5.91 Å². The summed E-state index contributed by atoms with van der Waals surface area (Å²) in [5.74, 6) is -0.194. The first-order valence-electron chi connectivity index (χ1n) is 6.30. The number of piperazine rings is 1. The van der Waals surface area contributed by atoms with Crippen LogP contribution < -0.4 is 0 Å². The highest BCUT2D eigenvalue weighted by Gasteiger charge is 2.33. The van der Waals surface area contributed by atoms with Crippen LogP contribution in [-0.4, -0.2) is 54.6 Å². The second-order valence-corrected chi connectivity index (χ2v) is 6.38. The third-order valence-corrected chi connectivity index (χ3v) is 4.80. The van der Waals surface area contributed by atoms with E-state index in [-0.39, 0.29) is 19.0 Å². The van der Waals surface area contributed by atoms with E-state index in [0.717, 1.165) is 3.57 Å². The van der Waals surface area contributed by atoms with E-state index < -0.39 is 12.7 Å². The molecule has 0 unspecified atom stereocenters. The monoisotopic (exact) mass is 432 g/mol. The maximum atomic E-state index is 12.3. The van der Waals surface area contributed by atoms with E-state index in [4.69, 9.17) is 11.6 Å². The quantitative estimate of drug-likeness (QED) is 0.670. The Balaban J connectivity index is 1.95. The Labute approximate surface area is 139 Å². The van der Waals surface area contributed by atoms with Gasteiger partial charge in [0, 0.05) is 35.3 Å². The molecule has 8 heteroatoms. The summed E-state index contributed by atoms with van der Waals surface area (Å²) in [5.41, 5.74) is 0.463. The molecule has 0 atom stereocenters. The van der Waals surface area contributed by atoms with Gasteiger partial charge in [0.2, 0.25) is 0 Å². The molecule has 0 spiro atoms. The molecule has 1 aliphatic rings. The maximum absolute atomic E-state index is 12.3. The van der Waals surface area contributed by atoms with Gasteiger partial charge in [0.1, 0.15) is 0 Å². The van der Waals surface area contributed by atoms with E-state index in [9.17, 15) is 18.0 Å². The van der Waals surface area contributed by atoms with Crippen LogP contribution in [-0.2, 0) is 0 Å². The minimum absolute atomic E-state index is 0.194. The number of hydrogen-bond donors (Lipinski definition) is 0. The van der Waals surface area contributed by atoms with Crippen molar-refractivity contribution in [3.8, 4) is 0 Å². The number of halogens is 5. The second kappa shape index (κ2) is 6.70. The Morgan fingerprint density at radius 3 is 2.38 bits per heavy atom. The van der Waals surface area contributed by atoms with Crippen molar-refractivity contribution >= 4 is 40.1 Å². The van der Waals surface area contributed by atoms with Gasteiger partial charge in [-0.05, 0) is 40.8 Å². The topological polar surface area (TPSA) is 23.6 Å². The lowest BCUT2D eigenvalue weighted by Crippen LogP contribution is -2.50. The van der Waals surface area contributed by atoms with Crippen LogP contribution in [0, 0.1) is 3.57 Å². The van der Waals surface area contributed by atoms with Gasteiger partial charge in [0.05, 0.1) is 11.6 Å². The van der Waals surface area contributed by atoms with Crippen LogP contribution in [0.1, 0.15) is 10.4 Å². The fourth-order valence-electron chi connectivity index (χ4n) is 2.17. The summed E-state index contributed by atoms with van der Waals surface area (Å²) in [6.07, 6.45) is -4.20. The van der Waals surface area contributed by atoms with Crippen molar-refractivity contribution in [2.75, 3.05) is 32.7 Å². The maximum Gasteiger partial charge on any atom is 0.401 e. The lowest BCUT2D eigenvalue weighted by atomic mass is 10.2. The molecule has 0 aliphatic carbocycles. The van der Waals surface area contributed by atoms with Crippen LogP contribution in [0.5, 0.6) is 0 Å². The van der Waals surface area contributed by atoms with Gasteiger partial charge in [0.15, 0.2) is 0 Å². The van der Waals surface area contributed by atoms with Gasteiger partial charge in [-0.1, -0.05) is 11.6 Å². The Morgan fingerprint density at radius 2 is 1.86 bits per heavy atom. The largest absolute Gasteiger partial charge is 0.401 e. The minimum Gasteiger partial charge on any atom is -0.336 e. The van der Waals surface area contributed by atoms with Crippen LogP contribution >= 0.6 is 34.2 Å². The Bertz CT molecular complexity index is 531. The molecule has 1 amide bonds. The molecular weight excluding hydrogens is 420 g/mol. The highest BCUT2D eigenvalue weighted by atomic mass is 127. The first-order valence-corrected chi connectivity index (χ1v) is 7.75. The van der Waals surface area contributed by atoms with E-state index in [1.54, 1.807) is 23.1 Å². The summed E-state index contributed by atoms with van der Waals surface area (Å²) >= 11 is 8.04. The third-order valence-electron chi connectivity index (χ3n) is 3.23. The first-order chi connectivity index (χ1) is 9.76. The Kier molecular flexibility index (Phi) is 5.37. The van der Waals surface area contributed by atoms with Crippen LogP contribution in [0.25, 0.3) is 0 Å². The molecule has 1 saturated heterocycles. The Hall–Kier alpha value is -0.540. The van der Waals surface area contributed by atoms with Crippen LogP contribution in [0.15, 0.2) is 18.2 Å². The van der Waals surface area contributed by atoms with Crippen LogP contribution in [0.4, 0.5) is 13.2 Å². The van der Waals surface area contributed by atoms with Crippen molar-refractivity contribution in [1.29, 1.82) is 0 Å². The van der Waals surface area contributed by atoms with Gasteiger partial charge in [-0.15, -0.1) is 0 Å². The standard InChI is InChI=1S/C13H13ClF3IN2O/c14-10-7-9(1-2-11(10)18)12(21)20-5-3-19(4-6-20)8-13(15,16)17/h1-2,7H,3-6,8H2. The Morgan fingerprint density at radius 1 is 1.24 bits per heavy atom. The summed E-state index contributed by atoms with van der Waals surface area (Å²) in [4.78, 5) is 15.2. The lowest BCUT2D eigenvalue weighted by molar-refractivity contribution is -0.148. The fraction of sp³-hybridized carbons (Fsp3) is 0.462. The number of hydrogen-bond acceptors (Lipinski definition) is 2. The summed E-state index contributed by atoms with van der Waals surface area (Å²) < 4.78 is 37.8. The molecule has 0 aromatic heterocycles. The molecule has 2 rings (SSSR count). The van der Waals surface area contributed by atoms with Gasteiger partial charge in [-0.25, -0.2) is 0 Å². The molecule has 1 aromatic carbocycles. The van der Waals surface area contributed by atoms with Gasteiger partial charge in [-0.2, -0.15) is 13.2 Å². The number of amides is 1. The smallest absolute Gasteiger partial charge is 0.336 e. The minimum atomic E-state index is -4.20. The van der Waals surface area contributed by atoms with Crippen molar-refractivity contribution in [3.05, 3.63) is 32.4 Å². The summed E-state index contributed by atoms with van der Waals surface area (Å²) in [6, 6.07) is 5.02. The first kappa shape index (κ1) is 16.8. The zero-order valence-electron chi connectivity index (χ0n) is 11.0. The molecule has 1 heterocycles. The molecule has 0 N–H and O–H groups in total. The zero-order chi connectivity index (χ0) is 15.6. The fourth-order valence-corrected chi connectivity index (χ4v) is 2.69. The number of carbonyl (C=O) groups excluding carboxylic acids is 1. The highest BCUT2D eigenvalue weighted by Crippen LogP contribution is 2.21. The molecule has 0 bridgehead atoms. The predicted octanol–water partition coefficient (Wildman–Crippen LogP) is 3.26. The van der Waals surface area contributed by atoms with E-state index in [0.29, 0.717) is 23.7 Å². The van der Waals surface area contributed by atoms with E-state index in [1.165, 1.54) is 4.90 Å². The summed E-state index contributed by atoms with van der Waals surface area (Å²) in [6.45, 7) is 0.105. The molecule has 1 aliphatic heterocycles. The van der Waals surface area contributed by atoms with Crippen molar-refractivity contribution in [3.63, 3.8) is 0 Å². The zero-order valence-corrected chi connectivity index (χ0v) is 13.9. The van der Waals surface area contributed by atoms with Crippen molar-refractivity contribution in [1.82, 2.24) is 9.80 Å². The molecule has 116 valence electrons. The molecule has 0 radical (unpaired) electrons. The number of benzene rings is 1. The summed E-state index contributed by atoms with van der Waals surface area (Å²) in [7, 11) is 0. The van der Waals surface area contributed by atoms with Crippen LogP contribution in [0.2, 0.25) is 5.02 Å². The lowest BCUT2D eigenvalue weighted by Gasteiger charge is -2.35. The molecule has 0 saturated carbocycles.